The summed E-state index contributed by atoms with van der Waals surface area (Å²) in [6.45, 7) is 4.10. The molecule has 262 valence electrons. The van der Waals surface area contributed by atoms with Gasteiger partial charge in [-0.3, -0.25) is 0 Å². The molecule has 48 heavy (non-hydrogen) atoms. The fraction of sp³-hybridized carbons (Fsp3) is 0.576. The highest BCUT2D eigenvalue weighted by Crippen LogP contribution is 2.35. The summed E-state index contributed by atoms with van der Waals surface area (Å²) in [5.41, 5.74) is 1.31. The van der Waals surface area contributed by atoms with Crippen molar-refractivity contribution in [1.82, 2.24) is 14.6 Å². The number of nitrogens with one attached hydrogen (secondary N) is 2. The highest BCUT2D eigenvalue weighted by atomic mass is 32.2. The summed E-state index contributed by atoms with van der Waals surface area (Å²) in [6, 6.07) is 9.87. The van der Waals surface area contributed by atoms with Crippen LogP contribution in [0.5, 0.6) is 0 Å². The zero-order chi connectivity index (χ0) is 34.0. The number of alkyl carbamates (subject to hydrolysis) is 1. The predicted molar refractivity (Wildman–Crippen MR) is 178 cm³/mol. The van der Waals surface area contributed by atoms with Gasteiger partial charge in [0.15, 0.2) is 5.13 Å². The van der Waals surface area contributed by atoms with Gasteiger partial charge in [-0.25, -0.2) is 22.6 Å². The molecule has 0 bridgehead atoms. The Kier molecular flexibility index (Phi) is 10.8. The minimum atomic E-state index is -4.08. The third-order valence-electron chi connectivity index (χ3n) is 9.02. The number of aromatic nitrogens is 1. The van der Waals surface area contributed by atoms with Crippen molar-refractivity contribution in [1.29, 1.82) is 0 Å². The molecule has 4 N–H and O–H groups in total. The van der Waals surface area contributed by atoms with Gasteiger partial charge in [-0.2, -0.15) is 4.31 Å². The Morgan fingerprint density at radius 2 is 1.96 bits per heavy atom. The van der Waals surface area contributed by atoms with Crippen LogP contribution in [-0.2, 0) is 30.7 Å². The van der Waals surface area contributed by atoms with E-state index in [2.05, 4.69) is 15.6 Å². The molecule has 12 nitrogen and oxygen atoms in total. The van der Waals surface area contributed by atoms with Gasteiger partial charge in [-0.15, -0.1) is 0 Å². The number of carbonyl (C=O) groups excluding carboxylic acids is 1. The molecule has 3 heterocycles. The molecule has 2 aliphatic heterocycles. The molecule has 1 saturated carbocycles. The number of aliphatic hydroxyl groups excluding tert-OH is 2. The van der Waals surface area contributed by atoms with E-state index in [0.717, 1.165) is 22.7 Å². The fourth-order valence-electron chi connectivity index (χ4n) is 6.08. The molecule has 15 heteroatoms. The number of hydrogen-bond acceptors (Lipinski definition) is 11. The van der Waals surface area contributed by atoms with Crippen molar-refractivity contribution >= 4 is 42.8 Å². The van der Waals surface area contributed by atoms with Gasteiger partial charge in [-0.1, -0.05) is 37.3 Å². The molecule has 1 aliphatic carbocycles. The van der Waals surface area contributed by atoms with Crippen LogP contribution in [0, 0.1) is 17.7 Å². The summed E-state index contributed by atoms with van der Waals surface area (Å²) in [4.78, 5) is 18.0. The summed E-state index contributed by atoms with van der Waals surface area (Å²) >= 11 is 1.40. The van der Waals surface area contributed by atoms with Crippen LogP contribution in [0.3, 0.4) is 0 Å². The molecule has 6 rings (SSSR count). The summed E-state index contributed by atoms with van der Waals surface area (Å²) in [6.07, 6.45) is -1.23. The van der Waals surface area contributed by atoms with E-state index < -0.39 is 46.3 Å². The van der Waals surface area contributed by atoms with Crippen LogP contribution in [0.4, 0.5) is 14.3 Å². The van der Waals surface area contributed by atoms with Crippen molar-refractivity contribution < 1.29 is 42.0 Å². The lowest BCUT2D eigenvalue weighted by Gasteiger charge is -2.31. The second kappa shape index (κ2) is 14.9. The van der Waals surface area contributed by atoms with E-state index in [1.165, 1.54) is 33.8 Å². The van der Waals surface area contributed by atoms with Gasteiger partial charge in [0.1, 0.15) is 18.0 Å². The number of nitrogens with zero attached hydrogens (tertiary/aromatic N) is 2. The lowest BCUT2D eigenvalue weighted by Crippen LogP contribution is -2.52. The average Bonchev–Trinajstić information content (AvgIpc) is 3.44. The second-order valence-corrected chi connectivity index (χ2v) is 16.2. The minimum Gasteiger partial charge on any atom is -0.443 e. The molecular weight excluding hydrogens is 664 g/mol. The Hall–Kier alpha value is -2.92. The maximum atomic E-state index is 14.1. The maximum absolute atomic E-state index is 14.1. The van der Waals surface area contributed by atoms with Crippen LogP contribution in [0.15, 0.2) is 47.4 Å². The summed E-state index contributed by atoms with van der Waals surface area (Å²) < 4.78 is 61.0. The fourth-order valence-corrected chi connectivity index (χ4v) is 8.63. The highest BCUT2D eigenvalue weighted by molar-refractivity contribution is 7.89. The first-order valence-corrected chi connectivity index (χ1v) is 18.7. The number of fused-ring (bicyclic) bond motifs is 2. The number of anilines is 1. The Morgan fingerprint density at radius 1 is 1.19 bits per heavy atom. The summed E-state index contributed by atoms with van der Waals surface area (Å²) in [5.74, 6) is -0.506. The highest BCUT2D eigenvalue weighted by Gasteiger charge is 2.50. The van der Waals surface area contributed by atoms with Crippen LogP contribution >= 0.6 is 11.3 Å². The molecule has 2 saturated heterocycles. The van der Waals surface area contributed by atoms with Crippen molar-refractivity contribution in [3.63, 3.8) is 0 Å². The summed E-state index contributed by atoms with van der Waals surface area (Å²) in [5, 5.41) is 28.3. The van der Waals surface area contributed by atoms with Gasteiger partial charge in [0, 0.05) is 19.1 Å². The third kappa shape index (κ3) is 8.26. The quantitative estimate of drug-likeness (QED) is 0.184. The molecule has 0 spiro atoms. The first kappa shape index (κ1) is 34.9. The van der Waals surface area contributed by atoms with E-state index in [4.69, 9.17) is 14.2 Å². The molecule has 3 aromatic rings. The van der Waals surface area contributed by atoms with Gasteiger partial charge >= 0.3 is 6.09 Å². The number of ether oxygens (including phenoxy) is 3. The van der Waals surface area contributed by atoms with Crippen LogP contribution in [0.1, 0.15) is 38.7 Å². The van der Waals surface area contributed by atoms with Gasteiger partial charge in [-0.05, 0) is 67.5 Å². The smallest absolute Gasteiger partial charge is 0.407 e. The Bertz CT molecular complexity index is 1670. The molecule has 1 amide bonds. The third-order valence-corrected chi connectivity index (χ3v) is 11.8. The lowest BCUT2D eigenvalue weighted by molar-refractivity contribution is -0.0473. The number of sulfonamides is 1. The number of benzene rings is 2. The van der Waals surface area contributed by atoms with Crippen molar-refractivity contribution in [3.05, 3.63) is 53.8 Å². The maximum Gasteiger partial charge on any atom is 0.407 e. The van der Waals surface area contributed by atoms with E-state index in [9.17, 15) is 27.8 Å². The van der Waals surface area contributed by atoms with Crippen molar-refractivity contribution in [3.8, 4) is 0 Å². The van der Waals surface area contributed by atoms with Crippen LogP contribution in [-0.4, -0.2) is 103 Å². The SMILES string of the molecule is CC(C)CCN(C[C@@H](O)[C@H](Cc1ccc(F)cc1)NC(=O)OC1C(CO)OC2COCC21)S(=O)(=O)c1ccc2nc(NC3CC3)sc2c1. The number of rotatable bonds is 15. The largest absolute Gasteiger partial charge is 0.443 e. The van der Waals surface area contributed by atoms with E-state index in [1.54, 1.807) is 24.3 Å². The number of carbonyl (C=O) groups is 1. The Morgan fingerprint density at radius 3 is 2.67 bits per heavy atom. The minimum absolute atomic E-state index is 0.0674. The van der Waals surface area contributed by atoms with Crippen LogP contribution in [0.2, 0.25) is 0 Å². The van der Waals surface area contributed by atoms with E-state index in [-0.39, 0.29) is 49.0 Å². The number of thiazole rings is 1. The van der Waals surface area contributed by atoms with Gasteiger partial charge in [0.25, 0.3) is 0 Å². The Labute approximate surface area is 283 Å². The van der Waals surface area contributed by atoms with Crippen LogP contribution in [0.25, 0.3) is 10.2 Å². The van der Waals surface area contributed by atoms with Crippen molar-refractivity contribution in [2.75, 3.05) is 38.2 Å². The zero-order valence-electron chi connectivity index (χ0n) is 27.0. The molecular formula is C33H43FN4O8S2. The van der Waals surface area contributed by atoms with Gasteiger partial charge < -0.3 is 35.1 Å². The lowest BCUT2D eigenvalue weighted by atomic mass is 9.99. The average molecular weight is 707 g/mol. The number of halogens is 1. The number of aliphatic hydroxyl groups is 2. The molecule has 2 aromatic carbocycles. The molecule has 1 aromatic heterocycles. The molecule has 6 atom stereocenters. The van der Waals surface area contributed by atoms with Gasteiger partial charge in [0.2, 0.25) is 10.0 Å². The number of amides is 1. The monoisotopic (exact) mass is 706 g/mol. The first-order chi connectivity index (χ1) is 23.0. The van der Waals surface area contributed by atoms with Crippen molar-refractivity contribution in [2.45, 2.75) is 80.9 Å². The van der Waals surface area contributed by atoms with Crippen molar-refractivity contribution in [2.24, 2.45) is 11.8 Å². The zero-order valence-corrected chi connectivity index (χ0v) is 28.6. The molecule has 3 aliphatic rings. The van der Waals surface area contributed by atoms with E-state index in [0.29, 0.717) is 36.8 Å². The van der Waals surface area contributed by atoms with Crippen LogP contribution < -0.4 is 10.6 Å². The standard InChI is InChI=1S/C33H43FN4O8S2/c1-19(2)11-12-38(48(42,43)23-9-10-25-30(14-23)47-32(36-25)35-22-7-8-22)15-27(40)26(13-20-3-5-21(34)6-4-20)37-33(41)46-31-24-17-44-18-29(24)45-28(31)16-39/h3-6,9-10,14,19,22,24,26-29,31,39-40H,7-8,11-13,15-18H2,1-2H3,(H,35,36)(H,37,41)/t24?,26-,27+,28?,29?,31?/m0/s1. The predicted octanol–water partition coefficient (Wildman–Crippen LogP) is 3.52. The summed E-state index contributed by atoms with van der Waals surface area (Å²) in [7, 11) is -4.08. The topological polar surface area (TPSA) is 160 Å². The van der Waals surface area contributed by atoms with E-state index >= 15 is 0 Å². The first-order valence-electron chi connectivity index (χ1n) is 16.4. The molecule has 0 radical (unpaired) electrons. The molecule has 4 unspecified atom stereocenters. The van der Waals surface area contributed by atoms with Gasteiger partial charge in [0.05, 0.1) is 59.1 Å². The number of hydrogen-bond donors (Lipinski definition) is 4. The molecule has 3 fully saturated rings. The normalized spacial score (nSPS) is 23.8. The second-order valence-electron chi connectivity index (χ2n) is 13.2. The van der Waals surface area contributed by atoms with E-state index in [1.807, 2.05) is 13.8 Å². The Balaban J connectivity index is 1.22.